The third-order valence-electron chi connectivity index (χ3n) is 1.64. The van der Waals surface area contributed by atoms with Crippen molar-refractivity contribution in [3.63, 3.8) is 0 Å². The average molecular weight is 174 g/mol. The van der Waals surface area contributed by atoms with Crippen LogP contribution < -0.4 is 0 Å². The van der Waals surface area contributed by atoms with Crippen LogP contribution in [-0.2, 0) is 6.42 Å². The van der Waals surface area contributed by atoms with E-state index >= 15 is 0 Å². The van der Waals surface area contributed by atoms with E-state index in [9.17, 15) is 0 Å². The van der Waals surface area contributed by atoms with Crippen LogP contribution >= 0.6 is 11.3 Å². The molecule has 0 bridgehead atoms. The SMILES string of the molecule is [c]1csc(Cc2ccccc2)n1. The maximum absolute atomic E-state index is 4.11. The summed E-state index contributed by atoms with van der Waals surface area (Å²) in [4.78, 5) is 4.11. The number of hydrogen-bond acceptors (Lipinski definition) is 2. The van der Waals surface area contributed by atoms with E-state index < -0.39 is 0 Å². The van der Waals surface area contributed by atoms with Gasteiger partial charge >= 0.3 is 0 Å². The van der Waals surface area contributed by atoms with Crippen LogP contribution in [0.5, 0.6) is 0 Å². The van der Waals surface area contributed by atoms with Crippen molar-refractivity contribution in [2.45, 2.75) is 6.42 Å². The lowest BCUT2D eigenvalue weighted by Gasteiger charge is -1.95. The summed E-state index contributed by atoms with van der Waals surface area (Å²) >= 11 is 1.65. The van der Waals surface area contributed by atoms with E-state index in [1.54, 1.807) is 11.3 Å². The zero-order chi connectivity index (χ0) is 8.23. The average Bonchev–Trinajstić information content (AvgIpc) is 2.59. The first-order valence-corrected chi connectivity index (χ1v) is 4.67. The summed E-state index contributed by atoms with van der Waals surface area (Å²) < 4.78 is 0. The second-order valence-corrected chi connectivity index (χ2v) is 3.48. The van der Waals surface area contributed by atoms with E-state index in [0.29, 0.717) is 0 Å². The van der Waals surface area contributed by atoms with Gasteiger partial charge in [-0.15, -0.1) is 11.3 Å². The molecule has 2 rings (SSSR count). The molecule has 0 aliphatic carbocycles. The number of rotatable bonds is 2. The van der Waals surface area contributed by atoms with Gasteiger partial charge in [0.1, 0.15) is 6.20 Å². The molecule has 0 fully saturated rings. The third kappa shape index (κ3) is 1.71. The summed E-state index contributed by atoms with van der Waals surface area (Å²) in [6.07, 6.45) is 3.74. The van der Waals surface area contributed by atoms with E-state index in [-0.39, 0.29) is 0 Å². The van der Waals surface area contributed by atoms with Crippen molar-refractivity contribution in [3.05, 3.63) is 52.5 Å². The minimum absolute atomic E-state index is 0.926. The van der Waals surface area contributed by atoms with Crippen LogP contribution in [0.25, 0.3) is 0 Å². The smallest absolute Gasteiger partial charge is 0.101 e. The standard InChI is InChI=1S/C10H8NS/c1-2-4-9(5-3-1)8-10-11-6-7-12-10/h1-5,7H,8H2. The lowest BCUT2D eigenvalue weighted by Crippen LogP contribution is -1.84. The van der Waals surface area contributed by atoms with Gasteiger partial charge in [0, 0.05) is 11.8 Å². The molecule has 1 heterocycles. The lowest BCUT2D eigenvalue weighted by molar-refractivity contribution is 1.13. The zero-order valence-corrected chi connectivity index (χ0v) is 7.34. The quantitative estimate of drug-likeness (QED) is 0.681. The second-order valence-electron chi connectivity index (χ2n) is 2.53. The Kier molecular flexibility index (Phi) is 2.19. The molecule has 0 unspecified atom stereocenters. The van der Waals surface area contributed by atoms with E-state index in [1.165, 1.54) is 5.56 Å². The fraction of sp³-hybridized carbons (Fsp3) is 0.100. The largest absolute Gasteiger partial charge is 0.239 e. The highest BCUT2D eigenvalue weighted by atomic mass is 32.1. The van der Waals surface area contributed by atoms with Gasteiger partial charge in [0.15, 0.2) is 0 Å². The Labute approximate surface area is 75.7 Å². The summed E-state index contributed by atoms with van der Waals surface area (Å²) in [6.45, 7) is 0. The van der Waals surface area contributed by atoms with Gasteiger partial charge in [-0.3, -0.25) is 0 Å². The molecule has 0 saturated carbocycles. The van der Waals surface area contributed by atoms with Crippen LogP contribution in [0.3, 0.4) is 0 Å². The topological polar surface area (TPSA) is 12.9 Å². The molecule has 0 aliphatic heterocycles. The van der Waals surface area contributed by atoms with E-state index in [2.05, 4.69) is 23.3 Å². The van der Waals surface area contributed by atoms with E-state index in [1.807, 2.05) is 23.6 Å². The molecule has 0 N–H and O–H groups in total. The number of thiazole rings is 1. The van der Waals surface area contributed by atoms with Crippen molar-refractivity contribution in [1.29, 1.82) is 0 Å². The Hall–Kier alpha value is -1.15. The summed E-state index contributed by atoms with van der Waals surface area (Å²) in [5, 5.41) is 3.01. The molecule has 0 saturated heterocycles. The number of hydrogen-bond donors (Lipinski definition) is 0. The van der Waals surface area contributed by atoms with Gasteiger partial charge in [-0.25, -0.2) is 4.98 Å². The van der Waals surface area contributed by atoms with Crippen LogP contribution in [0, 0.1) is 6.20 Å². The molecule has 0 aliphatic rings. The number of benzene rings is 1. The predicted octanol–water partition coefficient (Wildman–Crippen LogP) is 2.53. The summed E-state index contributed by atoms with van der Waals surface area (Å²) in [5.41, 5.74) is 1.31. The van der Waals surface area contributed by atoms with Gasteiger partial charge in [0.25, 0.3) is 0 Å². The van der Waals surface area contributed by atoms with Crippen molar-refractivity contribution in [1.82, 2.24) is 4.98 Å². The Bertz CT molecular complexity index is 326. The van der Waals surface area contributed by atoms with E-state index in [0.717, 1.165) is 11.4 Å². The molecule has 59 valence electrons. The van der Waals surface area contributed by atoms with Gasteiger partial charge in [0.2, 0.25) is 0 Å². The fourth-order valence-corrected chi connectivity index (χ4v) is 1.67. The van der Waals surface area contributed by atoms with Crippen molar-refractivity contribution in [2.24, 2.45) is 0 Å². The van der Waals surface area contributed by atoms with Gasteiger partial charge in [-0.05, 0) is 5.56 Å². The van der Waals surface area contributed by atoms with Gasteiger partial charge in [-0.1, -0.05) is 30.3 Å². The Morgan fingerprint density at radius 1 is 1.25 bits per heavy atom. The minimum atomic E-state index is 0.926. The second kappa shape index (κ2) is 3.50. The van der Waals surface area contributed by atoms with Crippen LogP contribution in [-0.4, -0.2) is 4.98 Å². The van der Waals surface area contributed by atoms with Gasteiger partial charge < -0.3 is 0 Å². The summed E-state index contributed by atoms with van der Waals surface area (Å²) in [5.74, 6) is 0. The molecule has 0 amide bonds. The molecule has 2 heteroatoms. The van der Waals surface area contributed by atoms with Gasteiger partial charge in [0.05, 0.1) is 5.01 Å². The molecule has 1 radical (unpaired) electrons. The Balaban J connectivity index is 2.15. The van der Waals surface area contributed by atoms with E-state index in [4.69, 9.17) is 0 Å². The minimum Gasteiger partial charge on any atom is -0.239 e. The zero-order valence-electron chi connectivity index (χ0n) is 6.53. The third-order valence-corrected chi connectivity index (χ3v) is 2.37. The molecule has 0 spiro atoms. The number of nitrogens with zero attached hydrogens (tertiary/aromatic N) is 1. The van der Waals surface area contributed by atoms with Crippen molar-refractivity contribution in [2.75, 3.05) is 0 Å². The Morgan fingerprint density at radius 2 is 2.08 bits per heavy atom. The van der Waals surface area contributed by atoms with Crippen molar-refractivity contribution in [3.8, 4) is 0 Å². The molecule has 12 heavy (non-hydrogen) atoms. The van der Waals surface area contributed by atoms with Crippen molar-refractivity contribution < 1.29 is 0 Å². The lowest BCUT2D eigenvalue weighted by atomic mass is 10.2. The first kappa shape index (κ1) is 7.50. The fourth-order valence-electron chi connectivity index (χ4n) is 1.07. The summed E-state index contributed by atoms with van der Waals surface area (Å²) in [6, 6.07) is 10.3. The normalized spacial score (nSPS) is 10.0. The highest BCUT2D eigenvalue weighted by molar-refractivity contribution is 7.09. The molecule has 1 aromatic carbocycles. The van der Waals surface area contributed by atoms with Crippen LogP contribution in [0.2, 0.25) is 0 Å². The highest BCUT2D eigenvalue weighted by Crippen LogP contribution is 2.10. The van der Waals surface area contributed by atoms with Crippen LogP contribution in [0.4, 0.5) is 0 Å². The van der Waals surface area contributed by atoms with Crippen LogP contribution in [0.15, 0.2) is 35.7 Å². The Morgan fingerprint density at radius 3 is 2.75 bits per heavy atom. The molecule has 1 nitrogen and oxygen atoms in total. The first-order chi connectivity index (χ1) is 5.95. The van der Waals surface area contributed by atoms with Gasteiger partial charge in [-0.2, -0.15) is 0 Å². The highest BCUT2D eigenvalue weighted by Gasteiger charge is 1.96. The molecule has 1 aromatic heterocycles. The van der Waals surface area contributed by atoms with Crippen LogP contribution in [0.1, 0.15) is 10.6 Å². The maximum atomic E-state index is 4.11. The van der Waals surface area contributed by atoms with Crippen molar-refractivity contribution >= 4 is 11.3 Å². The monoisotopic (exact) mass is 174 g/mol. The molecular formula is C10H8NS. The summed E-state index contributed by atoms with van der Waals surface area (Å²) in [7, 11) is 0. The molecule has 2 aromatic rings. The first-order valence-electron chi connectivity index (χ1n) is 3.79. The predicted molar refractivity (Wildman–Crippen MR) is 50.2 cm³/mol. The number of aromatic nitrogens is 1. The maximum Gasteiger partial charge on any atom is 0.101 e. The molecule has 0 atom stereocenters. The molecular weight excluding hydrogens is 166 g/mol.